The van der Waals surface area contributed by atoms with Crippen LogP contribution in [-0.2, 0) is 35.1 Å². The topological polar surface area (TPSA) is 143 Å². The Bertz CT molecular complexity index is 1020. The Morgan fingerprint density at radius 3 is 2.49 bits per heavy atom. The minimum atomic E-state index is -1.09. The van der Waals surface area contributed by atoms with Crippen LogP contribution in [0.1, 0.15) is 52.0 Å². The quantitative estimate of drug-likeness (QED) is 0.438. The molecule has 3 atom stereocenters. The zero-order chi connectivity index (χ0) is 27.2. The smallest absolute Gasteiger partial charge is 0.408 e. The summed E-state index contributed by atoms with van der Waals surface area (Å²) in [6.07, 6.45) is 1.19. The van der Waals surface area contributed by atoms with E-state index in [-0.39, 0.29) is 25.3 Å². The van der Waals surface area contributed by atoms with Gasteiger partial charge in [0.15, 0.2) is 0 Å². The van der Waals surface area contributed by atoms with Gasteiger partial charge in [-0.15, -0.1) is 0 Å². The molecule has 11 nitrogen and oxygen atoms in total. The molecular formula is C26H36N4O7. The highest BCUT2D eigenvalue weighted by atomic mass is 16.6. The fourth-order valence-electron chi connectivity index (χ4n) is 4.83. The first-order valence-corrected chi connectivity index (χ1v) is 12.5. The van der Waals surface area contributed by atoms with E-state index in [0.717, 1.165) is 5.56 Å². The Morgan fingerprint density at radius 1 is 1.14 bits per heavy atom. The Morgan fingerprint density at radius 2 is 1.84 bits per heavy atom. The highest BCUT2D eigenvalue weighted by Crippen LogP contribution is 2.38. The molecule has 0 unspecified atom stereocenters. The van der Waals surface area contributed by atoms with E-state index in [1.165, 1.54) is 12.0 Å². The van der Waals surface area contributed by atoms with Crippen molar-refractivity contribution in [1.29, 1.82) is 0 Å². The van der Waals surface area contributed by atoms with Gasteiger partial charge in [-0.1, -0.05) is 30.3 Å². The number of rotatable bonds is 8. The van der Waals surface area contributed by atoms with Crippen molar-refractivity contribution in [2.45, 2.75) is 76.1 Å². The maximum absolute atomic E-state index is 13.5. The SMILES string of the molecule is COC(=O)[C@H](Cc1ccccc1)NC(=O)[C@@]12CCCN1C(=O)[C@@H](NC(=O)CNC(=O)OC(C)(C)C)CC2. The fourth-order valence-corrected chi connectivity index (χ4v) is 4.83. The zero-order valence-electron chi connectivity index (χ0n) is 21.8. The summed E-state index contributed by atoms with van der Waals surface area (Å²) in [5.41, 5.74) is -0.926. The third-order valence-corrected chi connectivity index (χ3v) is 6.52. The van der Waals surface area contributed by atoms with Crippen molar-refractivity contribution in [2.24, 2.45) is 0 Å². The summed E-state index contributed by atoms with van der Waals surface area (Å²) in [7, 11) is 1.27. The predicted octanol–water partition coefficient (Wildman–Crippen LogP) is 1.05. The number of carbonyl (C=O) groups is 5. The van der Waals surface area contributed by atoms with Gasteiger partial charge in [-0.3, -0.25) is 14.4 Å². The first-order chi connectivity index (χ1) is 17.4. The van der Waals surface area contributed by atoms with Crippen LogP contribution in [0.25, 0.3) is 0 Å². The van der Waals surface area contributed by atoms with Crippen molar-refractivity contribution < 1.29 is 33.4 Å². The monoisotopic (exact) mass is 516 g/mol. The molecule has 2 aliphatic rings. The van der Waals surface area contributed by atoms with Crippen LogP contribution < -0.4 is 16.0 Å². The summed E-state index contributed by atoms with van der Waals surface area (Å²) in [5, 5.41) is 7.84. The number of amides is 4. The predicted molar refractivity (Wildman–Crippen MR) is 133 cm³/mol. The van der Waals surface area contributed by atoms with E-state index >= 15 is 0 Å². The fraction of sp³-hybridized carbons (Fsp3) is 0.577. The van der Waals surface area contributed by atoms with E-state index in [1.807, 2.05) is 30.3 Å². The minimum Gasteiger partial charge on any atom is -0.467 e. The molecule has 2 aliphatic heterocycles. The minimum absolute atomic E-state index is 0.252. The lowest BCUT2D eigenvalue weighted by Gasteiger charge is -2.44. The molecule has 2 fully saturated rings. The van der Waals surface area contributed by atoms with Crippen molar-refractivity contribution in [3.8, 4) is 0 Å². The number of hydrogen-bond donors (Lipinski definition) is 3. The normalized spacial score (nSPS) is 21.9. The number of nitrogens with zero attached hydrogens (tertiary/aromatic N) is 1. The second-order valence-corrected chi connectivity index (χ2v) is 10.4. The molecule has 0 aromatic heterocycles. The standard InChI is InChI=1S/C26H36N4O7/c1-25(2,3)37-24(35)27-16-20(31)28-18-11-13-26(12-8-14-30(26)21(18)32)23(34)29-19(22(33)36-4)15-17-9-6-5-7-10-17/h5-7,9-10,18-19H,8,11-16H2,1-4H3,(H,27,35)(H,28,31)(H,29,34)/t18-,19-,26-/m0/s1. The van der Waals surface area contributed by atoms with Crippen LogP contribution >= 0.6 is 0 Å². The second-order valence-electron chi connectivity index (χ2n) is 10.4. The largest absolute Gasteiger partial charge is 0.467 e. The molecule has 3 rings (SSSR count). The number of methoxy groups -OCH3 is 1. The van der Waals surface area contributed by atoms with Crippen LogP contribution in [0, 0.1) is 0 Å². The van der Waals surface area contributed by atoms with Crippen LogP contribution in [0.2, 0.25) is 0 Å². The van der Waals surface area contributed by atoms with Gasteiger partial charge in [-0.05, 0) is 52.0 Å². The molecule has 1 aromatic carbocycles. The van der Waals surface area contributed by atoms with E-state index in [9.17, 15) is 24.0 Å². The van der Waals surface area contributed by atoms with Gasteiger partial charge in [0.05, 0.1) is 7.11 Å². The lowest BCUT2D eigenvalue weighted by molar-refractivity contribution is -0.154. The lowest BCUT2D eigenvalue weighted by Crippen LogP contribution is -2.66. The molecule has 202 valence electrons. The van der Waals surface area contributed by atoms with Gasteiger partial charge in [-0.25, -0.2) is 9.59 Å². The van der Waals surface area contributed by atoms with E-state index < -0.39 is 47.1 Å². The number of alkyl carbamates (subject to hydrolysis) is 1. The number of esters is 1. The molecule has 37 heavy (non-hydrogen) atoms. The summed E-state index contributed by atoms with van der Waals surface area (Å²) in [4.78, 5) is 64.9. The molecule has 0 saturated carbocycles. The summed E-state index contributed by atoms with van der Waals surface area (Å²) in [5.74, 6) is -1.86. The van der Waals surface area contributed by atoms with Gasteiger partial charge in [0.2, 0.25) is 17.7 Å². The third kappa shape index (κ3) is 6.99. The van der Waals surface area contributed by atoms with E-state index in [4.69, 9.17) is 9.47 Å². The highest BCUT2D eigenvalue weighted by Gasteiger charge is 2.54. The summed E-state index contributed by atoms with van der Waals surface area (Å²) in [6.45, 7) is 5.16. The number of carbonyl (C=O) groups excluding carboxylic acids is 5. The molecule has 0 aliphatic carbocycles. The molecule has 11 heteroatoms. The van der Waals surface area contributed by atoms with Crippen molar-refractivity contribution >= 4 is 29.8 Å². The van der Waals surface area contributed by atoms with Gasteiger partial charge in [-0.2, -0.15) is 0 Å². The average molecular weight is 517 g/mol. The van der Waals surface area contributed by atoms with Crippen molar-refractivity contribution in [2.75, 3.05) is 20.2 Å². The summed E-state index contributed by atoms with van der Waals surface area (Å²) < 4.78 is 10.0. The first kappa shape index (κ1) is 27.9. The van der Waals surface area contributed by atoms with Crippen LogP contribution in [0.15, 0.2) is 30.3 Å². The summed E-state index contributed by atoms with van der Waals surface area (Å²) in [6, 6.07) is 7.56. The number of fused-ring (bicyclic) bond motifs is 1. The Hall–Kier alpha value is -3.63. The Labute approximate surface area is 216 Å². The molecule has 0 radical (unpaired) electrons. The Balaban J connectivity index is 1.63. The highest BCUT2D eigenvalue weighted by molar-refractivity contribution is 5.98. The van der Waals surface area contributed by atoms with Crippen molar-refractivity contribution in [3.63, 3.8) is 0 Å². The van der Waals surface area contributed by atoms with E-state index in [0.29, 0.717) is 25.8 Å². The first-order valence-electron chi connectivity index (χ1n) is 12.5. The number of ether oxygens (including phenoxy) is 2. The van der Waals surface area contributed by atoms with Crippen LogP contribution in [-0.4, -0.2) is 78.1 Å². The molecule has 0 spiro atoms. The van der Waals surface area contributed by atoms with E-state index in [2.05, 4.69) is 16.0 Å². The summed E-state index contributed by atoms with van der Waals surface area (Å²) >= 11 is 0. The van der Waals surface area contributed by atoms with Crippen LogP contribution in [0.4, 0.5) is 4.79 Å². The molecule has 1 aromatic rings. The molecule has 2 heterocycles. The number of benzene rings is 1. The second kappa shape index (κ2) is 11.6. The molecule has 4 amide bonds. The van der Waals surface area contributed by atoms with Crippen LogP contribution in [0.5, 0.6) is 0 Å². The molecule has 0 bridgehead atoms. The van der Waals surface area contributed by atoms with Gasteiger partial charge < -0.3 is 30.3 Å². The van der Waals surface area contributed by atoms with Crippen molar-refractivity contribution in [1.82, 2.24) is 20.9 Å². The molecule has 3 N–H and O–H groups in total. The Kier molecular flexibility index (Phi) is 8.77. The lowest BCUT2D eigenvalue weighted by atomic mass is 9.83. The number of piperidine rings is 1. The van der Waals surface area contributed by atoms with Gasteiger partial charge in [0, 0.05) is 13.0 Å². The van der Waals surface area contributed by atoms with Gasteiger partial charge in [0.25, 0.3) is 0 Å². The number of hydrogen-bond acceptors (Lipinski definition) is 7. The average Bonchev–Trinajstić information content (AvgIpc) is 3.29. The molecule has 2 saturated heterocycles. The van der Waals surface area contributed by atoms with E-state index in [1.54, 1.807) is 20.8 Å². The van der Waals surface area contributed by atoms with Crippen molar-refractivity contribution in [3.05, 3.63) is 35.9 Å². The zero-order valence-corrected chi connectivity index (χ0v) is 21.8. The van der Waals surface area contributed by atoms with Gasteiger partial charge in [0.1, 0.15) is 29.8 Å². The number of nitrogens with one attached hydrogen (secondary N) is 3. The van der Waals surface area contributed by atoms with Gasteiger partial charge >= 0.3 is 12.1 Å². The van der Waals surface area contributed by atoms with Crippen LogP contribution in [0.3, 0.4) is 0 Å². The maximum atomic E-state index is 13.5. The molecular weight excluding hydrogens is 480 g/mol. The maximum Gasteiger partial charge on any atom is 0.408 e. The third-order valence-electron chi connectivity index (χ3n) is 6.52.